The average molecular weight is 457 g/mol. The van der Waals surface area contributed by atoms with Crippen LogP contribution >= 0.6 is 0 Å². The summed E-state index contributed by atoms with van der Waals surface area (Å²) in [6.45, 7) is 14.4. The molecule has 0 heterocycles. The molecule has 0 radical (unpaired) electrons. The summed E-state index contributed by atoms with van der Waals surface area (Å²) in [4.78, 5) is 0. The predicted octanol–water partition coefficient (Wildman–Crippen LogP) is 6.50. The molecule has 0 aliphatic heterocycles. The van der Waals surface area contributed by atoms with Gasteiger partial charge in [-0.05, 0) is 52.2 Å². The van der Waals surface area contributed by atoms with Crippen molar-refractivity contribution >= 4 is 37.8 Å². The van der Waals surface area contributed by atoms with Crippen molar-refractivity contribution in [1.82, 2.24) is 0 Å². The molecule has 0 saturated carbocycles. The third-order valence-corrected chi connectivity index (χ3v) is 14.3. The molecular weight excluding hydrogens is 420 g/mol. The van der Waals surface area contributed by atoms with Gasteiger partial charge in [-0.3, -0.25) is 0 Å². The van der Waals surface area contributed by atoms with E-state index in [0.29, 0.717) is 0 Å². The van der Waals surface area contributed by atoms with Gasteiger partial charge in [0.25, 0.3) is 0 Å². The highest BCUT2D eigenvalue weighted by molar-refractivity contribution is 7.03. The maximum atomic E-state index is 6.82. The monoisotopic (exact) mass is 456 g/mol. The van der Waals surface area contributed by atoms with Crippen LogP contribution in [0.3, 0.4) is 0 Å². The Balaban J connectivity index is 2.03. The zero-order valence-corrected chi connectivity index (χ0v) is 22.5. The van der Waals surface area contributed by atoms with Crippen LogP contribution in [-0.4, -0.2) is 16.1 Å². The Bertz CT molecular complexity index is 1140. The molecule has 3 heteroatoms. The van der Waals surface area contributed by atoms with E-state index in [9.17, 15) is 0 Å². The number of rotatable bonds is 7. The number of aryl methyl sites for hydroxylation is 1. The number of ether oxygens (including phenoxy) is 1. The second-order valence-electron chi connectivity index (χ2n) is 10.1. The minimum Gasteiger partial charge on any atom is -0.458 e. The van der Waals surface area contributed by atoms with Gasteiger partial charge in [-0.25, -0.2) is 0 Å². The van der Waals surface area contributed by atoms with Crippen molar-refractivity contribution in [3.05, 3.63) is 83.4 Å². The molecule has 0 atom stereocenters. The SMILES string of the molecule is CC[Si](CC)(c1cccc2c1C=CC2)c1cc(C)cc([Si](C)(C)C)c1Oc1ccccc1. The van der Waals surface area contributed by atoms with Gasteiger partial charge in [-0.2, -0.15) is 0 Å². The predicted molar refractivity (Wildman–Crippen MR) is 146 cm³/mol. The molecule has 0 amide bonds. The lowest BCUT2D eigenvalue weighted by atomic mass is 10.1. The van der Waals surface area contributed by atoms with Gasteiger partial charge < -0.3 is 4.74 Å². The van der Waals surface area contributed by atoms with E-state index in [4.69, 9.17) is 4.74 Å². The summed E-state index contributed by atoms with van der Waals surface area (Å²) in [5.74, 6) is 2.08. The lowest BCUT2D eigenvalue weighted by Crippen LogP contribution is -2.60. The van der Waals surface area contributed by atoms with Gasteiger partial charge in [0.2, 0.25) is 0 Å². The van der Waals surface area contributed by atoms with Gasteiger partial charge in [0.1, 0.15) is 19.6 Å². The van der Waals surface area contributed by atoms with Gasteiger partial charge in [0.05, 0.1) is 8.07 Å². The van der Waals surface area contributed by atoms with E-state index in [0.717, 1.165) is 17.9 Å². The Morgan fingerprint density at radius 3 is 2.16 bits per heavy atom. The van der Waals surface area contributed by atoms with Crippen LogP contribution in [0.4, 0.5) is 0 Å². The number of benzene rings is 3. The van der Waals surface area contributed by atoms with Crippen LogP contribution in [0.1, 0.15) is 30.5 Å². The highest BCUT2D eigenvalue weighted by Gasteiger charge is 2.40. The number of hydrogen-bond acceptors (Lipinski definition) is 1. The van der Waals surface area contributed by atoms with Crippen LogP contribution in [0.2, 0.25) is 31.7 Å². The number of fused-ring (bicyclic) bond motifs is 1. The summed E-state index contributed by atoms with van der Waals surface area (Å²) in [5, 5.41) is 4.51. The molecule has 1 aliphatic carbocycles. The fraction of sp³-hybridized carbons (Fsp3) is 0.310. The Kier molecular flexibility index (Phi) is 6.33. The maximum Gasteiger partial charge on any atom is 0.127 e. The van der Waals surface area contributed by atoms with Gasteiger partial charge in [0, 0.05) is 0 Å². The topological polar surface area (TPSA) is 9.23 Å². The molecule has 1 nitrogen and oxygen atoms in total. The summed E-state index contributed by atoms with van der Waals surface area (Å²) in [5.41, 5.74) is 4.31. The first-order valence-electron chi connectivity index (χ1n) is 12.0. The normalized spacial score (nSPS) is 13.3. The average Bonchev–Trinajstić information content (AvgIpc) is 3.26. The number of hydrogen-bond donors (Lipinski definition) is 0. The van der Waals surface area contributed by atoms with Crippen molar-refractivity contribution in [2.45, 2.75) is 58.9 Å². The molecule has 0 N–H and O–H groups in total. The van der Waals surface area contributed by atoms with Crippen molar-refractivity contribution in [2.24, 2.45) is 0 Å². The van der Waals surface area contributed by atoms with E-state index in [-0.39, 0.29) is 0 Å². The lowest BCUT2D eigenvalue weighted by Gasteiger charge is -2.36. The van der Waals surface area contributed by atoms with Crippen molar-refractivity contribution in [2.75, 3.05) is 0 Å². The first kappa shape index (κ1) is 22.8. The Hall–Kier alpha value is -2.37. The number of para-hydroxylation sites is 1. The van der Waals surface area contributed by atoms with E-state index in [1.807, 2.05) is 0 Å². The molecule has 0 fully saturated rings. The van der Waals surface area contributed by atoms with Crippen LogP contribution in [-0.2, 0) is 6.42 Å². The lowest BCUT2D eigenvalue weighted by molar-refractivity contribution is 0.489. The van der Waals surface area contributed by atoms with Crippen molar-refractivity contribution in [3.8, 4) is 11.5 Å². The molecule has 32 heavy (non-hydrogen) atoms. The molecule has 3 aromatic carbocycles. The molecular formula is C29H36OSi2. The molecule has 4 rings (SSSR count). The van der Waals surface area contributed by atoms with Gasteiger partial charge in [-0.15, -0.1) is 0 Å². The molecule has 0 saturated heterocycles. The van der Waals surface area contributed by atoms with Crippen LogP contribution < -0.4 is 20.3 Å². The van der Waals surface area contributed by atoms with Crippen LogP contribution in [0.25, 0.3) is 6.08 Å². The summed E-state index contributed by atoms with van der Waals surface area (Å²) >= 11 is 0. The highest BCUT2D eigenvalue weighted by Crippen LogP contribution is 2.30. The first-order valence-corrected chi connectivity index (χ1v) is 17.9. The standard InChI is InChI=1S/C29H36OSi2/c1-7-32(8-2,26-19-13-15-23-14-12-18-25(23)26)28-21-22(3)20-27(31(4,5)6)29(28)30-24-16-10-9-11-17-24/h9-13,15-21H,7-8,14H2,1-6H3. The minimum absolute atomic E-state index is 0.936. The van der Waals surface area contributed by atoms with Gasteiger partial charge >= 0.3 is 0 Å². The highest BCUT2D eigenvalue weighted by atomic mass is 28.3. The van der Waals surface area contributed by atoms with Crippen molar-refractivity contribution in [3.63, 3.8) is 0 Å². The minimum atomic E-state index is -2.05. The summed E-state index contributed by atoms with van der Waals surface area (Å²) in [7, 11) is -3.68. The van der Waals surface area contributed by atoms with E-state index in [1.165, 1.54) is 39.2 Å². The molecule has 3 aromatic rings. The fourth-order valence-corrected chi connectivity index (χ4v) is 11.5. The quantitative estimate of drug-likeness (QED) is 0.368. The zero-order chi connectivity index (χ0) is 22.9. The van der Waals surface area contributed by atoms with Crippen LogP contribution in [0.15, 0.2) is 66.7 Å². The molecule has 166 valence electrons. The van der Waals surface area contributed by atoms with Crippen LogP contribution in [0.5, 0.6) is 11.5 Å². The van der Waals surface area contributed by atoms with Gasteiger partial charge in [-0.1, -0.05) is 112 Å². The number of allylic oxidation sites excluding steroid dienone is 1. The Labute approximate surface area is 196 Å². The zero-order valence-electron chi connectivity index (χ0n) is 20.5. The largest absolute Gasteiger partial charge is 0.458 e. The molecule has 0 aromatic heterocycles. The second-order valence-corrected chi connectivity index (χ2v) is 19.8. The second kappa shape index (κ2) is 8.88. The van der Waals surface area contributed by atoms with Gasteiger partial charge in [0.15, 0.2) is 0 Å². The molecule has 0 unspecified atom stereocenters. The van der Waals surface area contributed by atoms with E-state index < -0.39 is 16.1 Å². The summed E-state index contributed by atoms with van der Waals surface area (Å²) in [6, 6.07) is 24.6. The smallest absolute Gasteiger partial charge is 0.127 e. The van der Waals surface area contributed by atoms with Crippen molar-refractivity contribution in [1.29, 1.82) is 0 Å². The third kappa shape index (κ3) is 4.04. The fourth-order valence-electron chi connectivity index (χ4n) is 5.27. The molecule has 1 aliphatic rings. The maximum absolute atomic E-state index is 6.82. The van der Waals surface area contributed by atoms with E-state index in [2.05, 4.69) is 113 Å². The Morgan fingerprint density at radius 2 is 1.50 bits per heavy atom. The third-order valence-electron chi connectivity index (χ3n) is 7.06. The van der Waals surface area contributed by atoms with E-state index >= 15 is 0 Å². The van der Waals surface area contributed by atoms with Crippen LogP contribution in [0, 0.1) is 6.92 Å². The summed E-state index contributed by atoms with van der Waals surface area (Å²) < 4.78 is 6.82. The summed E-state index contributed by atoms with van der Waals surface area (Å²) in [6.07, 6.45) is 5.75. The Morgan fingerprint density at radius 1 is 0.812 bits per heavy atom. The first-order chi connectivity index (χ1) is 15.3. The van der Waals surface area contributed by atoms with Crippen molar-refractivity contribution < 1.29 is 4.74 Å². The molecule has 0 spiro atoms. The molecule has 0 bridgehead atoms. The van der Waals surface area contributed by atoms with E-state index in [1.54, 1.807) is 5.19 Å².